The lowest BCUT2D eigenvalue weighted by atomic mass is 9.92. The number of nitro benzene ring substituents is 1. The lowest BCUT2D eigenvalue weighted by Crippen LogP contribution is -2.45. The summed E-state index contributed by atoms with van der Waals surface area (Å²) < 4.78 is 0. The molecule has 1 amide bonds. The predicted octanol–water partition coefficient (Wildman–Crippen LogP) is 1.33. The average Bonchev–Trinajstić information content (AvgIpc) is 2.41. The highest BCUT2D eigenvalue weighted by atomic mass is 16.6. The summed E-state index contributed by atoms with van der Waals surface area (Å²) in [7, 11) is 0. The maximum atomic E-state index is 12.0. The summed E-state index contributed by atoms with van der Waals surface area (Å²) in [5.74, 6) is -1.27. The number of rotatable bonds is 3. The molecule has 0 bridgehead atoms. The molecule has 20 heavy (non-hydrogen) atoms. The van der Waals surface area contributed by atoms with Crippen LogP contribution in [0, 0.1) is 10.1 Å². The quantitative estimate of drug-likeness (QED) is 0.571. The molecule has 1 fully saturated rings. The van der Waals surface area contributed by atoms with Gasteiger partial charge in [0, 0.05) is 6.07 Å². The molecule has 0 spiro atoms. The Labute approximate surface area is 115 Å². The lowest BCUT2D eigenvalue weighted by molar-refractivity contribution is -0.385. The number of nitrogens with zero attached hydrogens (tertiary/aromatic N) is 1. The fourth-order valence-electron chi connectivity index (χ4n) is 2.39. The van der Waals surface area contributed by atoms with Crippen molar-refractivity contribution >= 4 is 11.6 Å². The van der Waals surface area contributed by atoms with E-state index in [-0.39, 0.29) is 11.6 Å². The minimum Gasteiger partial charge on any atom is -0.502 e. The Balaban J connectivity index is 2.17. The number of carbonyl (C=O) groups excluding carboxylic acids is 1. The predicted molar refractivity (Wildman–Crippen MR) is 70.5 cm³/mol. The number of nitrogens with one attached hydrogen (secondary N) is 1. The first kappa shape index (κ1) is 14.3. The number of nitro groups is 1. The monoisotopic (exact) mass is 280 g/mol. The van der Waals surface area contributed by atoms with Gasteiger partial charge in [-0.05, 0) is 18.9 Å². The van der Waals surface area contributed by atoms with Crippen molar-refractivity contribution in [3.8, 4) is 5.75 Å². The van der Waals surface area contributed by atoms with E-state index in [1.807, 2.05) is 0 Å². The first-order valence-electron chi connectivity index (χ1n) is 6.46. The fourth-order valence-corrected chi connectivity index (χ4v) is 2.39. The van der Waals surface area contributed by atoms with Gasteiger partial charge in [0.1, 0.15) is 0 Å². The largest absolute Gasteiger partial charge is 0.502 e. The minimum absolute atomic E-state index is 0.156. The highest BCUT2D eigenvalue weighted by molar-refractivity contribution is 5.98. The van der Waals surface area contributed by atoms with Crippen LogP contribution in [0.5, 0.6) is 5.75 Å². The van der Waals surface area contributed by atoms with Crippen molar-refractivity contribution in [1.82, 2.24) is 5.32 Å². The van der Waals surface area contributed by atoms with E-state index in [4.69, 9.17) is 0 Å². The van der Waals surface area contributed by atoms with Crippen LogP contribution in [0.2, 0.25) is 0 Å². The van der Waals surface area contributed by atoms with E-state index in [2.05, 4.69) is 5.32 Å². The molecule has 7 heteroatoms. The molecule has 1 saturated carbocycles. The molecule has 0 saturated heterocycles. The maximum Gasteiger partial charge on any atom is 0.311 e. The van der Waals surface area contributed by atoms with Crippen molar-refractivity contribution in [3.05, 3.63) is 33.9 Å². The van der Waals surface area contributed by atoms with Crippen LogP contribution >= 0.6 is 0 Å². The number of aromatic hydroxyl groups is 1. The maximum absolute atomic E-state index is 12.0. The average molecular weight is 280 g/mol. The number of aliphatic hydroxyl groups is 1. The van der Waals surface area contributed by atoms with Crippen molar-refractivity contribution in [2.24, 2.45) is 0 Å². The molecule has 2 atom stereocenters. The van der Waals surface area contributed by atoms with Crippen molar-refractivity contribution in [2.75, 3.05) is 0 Å². The number of amides is 1. The molecule has 108 valence electrons. The van der Waals surface area contributed by atoms with E-state index in [1.165, 1.54) is 12.1 Å². The number of hydrogen-bond donors (Lipinski definition) is 3. The van der Waals surface area contributed by atoms with Crippen molar-refractivity contribution < 1.29 is 19.9 Å². The molecule has 3 N–H and O–H groups in total. The minimum atomic E-state index is -0.748. The van der Waals surface area contributed by atoms with Gasteiger partial charge in [-0.15, -0.1) is 0 Å². The highest BCUT2D eigenvalue weighted by Crippen LogP contribution is 2.29. The Bertz CT molecular complexity index is 531. The van der Waals surface area contributed by atoms with E-state index in [0.29, 0.717) is 12.8 Å². The van der Waals surface area contributed by atoms with Gasteiger partial charge in [-0.2, -0.15) is 0 Å². The lowest BCUT2D eigenvalue weighted by Gasteiger charge is -2.28. The number of aliphatic hydroxyl groups excluding tert-OH is 1. The number of phenols is 1. The summed E-state index contributed by atoms with van der Waals surface area (Å²) in [6.07, 6.45) is 2.47. The summed E-state index contributed by atoms with van der Waals surface area (Å²) in [4.78, 5) is 22.0. The van der Waals surface area contributed by atoms with Gasteiger partial charge in [0.05, 0.1) is 22.6 Å². The number of para-hydroxylation sites is 1. The molecule has 1 aromatic carbocycles. The second-order valence-electron chi connectivity index (χ2n) is 4.86. The zero-order valence-electron chi connectivity index (χ0n) is 10.8. The Kier molecular flexibility index (Phi) is 4.19. The van der Waals surface area contributed by atoms with E-state index in [9.17, 15) is 25.1 Å². The molecule has 0 aromatic heterocycles. The Morgan fingerprint density at radius 3 is 2.70 bits per heavy atom. The molecule has 7 nitrogen and oxygen atoms in total. The molecule has 0 radical (unpaired) electrons. The van der Waals surface area contributed by atoms with Gasteiger partial charge in [-0.1, -0.05) is 18.9 Å². The molecular formula is C13H16N2O5. The molecule has 2 unspecified atom stereocenters. The summed E-state index contributed by atoms with van der Waals surface area (Å²) in [5.41, 5.74) is -0.668. The summed E-state index contributed by atoms with van der Waals surface area (Å²) in [5, 5.41) is 32.9. The van der Waals surface area contributed by atoms with Gasteiger partial charge in [-0.3, -0.25) is 14.9 Å². The van der Waals surface area contributed by atoms with Crippen LogP contribution in [0.25, 0.3) is 0 Å². The van der Waals surface area contributed by atoms with Crippen LogP contribution in [0.15, 0.2) is 18.2 Å². The summed E-state index contributed by atoms with van der Waals surface area (Å²) in [6.45, 7) is 0. The van der Waals surface area contributed by atoms with Crippen molar-refractivity contribution in [3.63, 3.8) is 0 Å². The molecular weight excluding hydrogens is 264 g/mol. The van der Waals surface area contributed by atoms with Crippen molar-refractivity contribution in [2.45, 2.75) is 37.8 Å². The van der Waals surface area contributed by atoms with E-state index in [1.54, 1.807) is 0 Å². The molecule has 0 aliphatic heterocycles. The smallest absolute Gasteiger partial charge is 0.311 e. The third-order valence-corrected chi connectivity index (χ3v) is 3.50. The van der Waals surface area contributed by atoms with Gasteiger partial charge in [0.25, 0.3) is 5.91 Å². The number of benzene rings is 1. The van der Waals surface area contributed by atoms with Gasteiger partial charge < -0.3 is 15.5 Å². The second kappa shape index (κ2) is 5.87. The van der Waals surface area contributed by atoms with E-state index < -0.39 is 28.4 Å². The van der Waals surface area contributed by atoms with Gasteiger partial charge >= 0.3 is 5.69 Å². The van der Waals surface area contributed by atoms with Crippen LogP contribution < -0.4 is 5.32 Å². The van der Waals surface area contributed by atoms with Crippen LogP contribution in [0.3, 0.4) is 0 Å². The van der Waals surface area contributed by atoms with Crippen LogP contribution in [0.1, 0.15) is 36.0 Å². The third kappa shape index (κ3) is 2.88. The fraction of sp³-hybridized carbons (Fsp3) is 0.462. The van der Waals surface area contributed by atoms with Crippen LogP contribution in [0.4, 0.5) is 5.69 Å². The number of carbonyl (C=O) groups is 1. The number of hydrogen-bond acceptors (Lipinski definition) is 5. The number of phenolic OH excluding ortho intramolecular Hbond substituents is 1. The topological polar surface area (TPSA) is 113 Å². The van der Waals surface area contributed by atoms with Gasteiger partial charge in [0.2, 0.25) is 5.75 Å². The molecule has 1 aliphatic rings. The molecule has 1 aromatic rings. The van der Waals surface area contributed by atoms with Crippen molar-refractivity contribution in [1.29, 1.82) is 0 Å². The summed E-state index contributed by atoms with van der Waals surface area (Å²) in [6, 6.07) is 3.40. The van der Waals surface area contributed by atoms with Crippen LogP contribution in [-0.2, 0) is 0 Å². The normalized spacial score (nSPS) is 22.2. The Morgan fingerprint density at radius 2 is 2.05 bits per heavy atom. The van der Waals surface area contributed by atoms with Gasteiger partial charge in [-0.25, -0.2) is 0 Å². The standard InChI is InChI=1S/C13H16N2O5/c16-11-7-2-1-5-9(11)14-13(18)8-4-3-6-10(12(8)17)15(19)20/h3-4,6,9,11,16-17H,1-2,5,7H2,(H,14,18). The Hall–Kier alpha value is -2.15. The molecule has 2 rings (SSSR count). The zero-order chi connectivity index (χ0) is 14.7. The SMILES string of the molecule is O=C(NC1CCCCC1O)c1cccc([N+](=O)[O-])c1O. The second-order valence-corrected chi connectivity index (χ2v) is 4.86. The Morgan fingerprint density at radius 1 is 1.35 bits per heavy atom. The van der Waals surface area contributed by atoms with E-state index in [0.717, 1.165) is 18.9 Å². The van der Waals surface area contributed by atoms with Gasteiger partial charge in [0.15, 0.2) is 0 Å². The van der Waals surface area contributed by atoms with E-state index >= 15 is 0 Å². The summed E-state index contributed by atoms with van der Waals surface area (Å²) >= 11 is 0. The zero-order valence-corrected chi connectivity index (χ0v) is 10.8. The molecule has 0 heterocycles. The first-order chi connectivity index (χ1) is 9.50. The molecule has 1 aliphatic carbocycles. The van der Waals surface area contributed by atoms with Crippen LogP contribution in [-0.4, -0.2) is 33.2 Å². The highest BCUT2D eigenvalue weighted by Gasteiger charge is 2.27. The third-order valence-electron chi connectivity index (χ3n) is 3.50. The first-order valence-corrected chi connectivity index (χ1v) is 6.46.